The lowest BCUT2D eigenvalue weighted by Crippen LogP contribution is -2.50. The maximum atomic E-state index is 14.3. The number of carboxylic acids is 1. The van der Waals surface area contributed by atoms with Crippen LogP contribution in [0.25, 0.3) is 5.70 Å². The molecule has 178 valence electrons. The summed E-state index contributed by atoms with van der Waals surface area (Å²) >= 11 is 17.1. The molecule has 0 heterocycles. The first-order valence-electron chi connectivity index (χ1n) is 8.35. The summed E-state index contributed by atoms with van der Waals surface area (Å²) in [7, 11) is 0. The molecule has 33 heavy (non-hydrogen) atoms. The molecular formula is C19H10Cl3F7NO3+. The van der Waals surface area contributed by atoms with Crippen molar-refractivity contribution in [1.82, 2.24) is 0 Å². The molecule has 2 rings (SSSR count). The van der Waals surface area contributed by atoms with Crippen LogP contribution in [0, 0.1) is 0 Å². The minimum absolute atomic E-state index is 0.00305. The van der Waals surface area contributed by atoms with E-state index in [-0.39, 0.29) is 34.0 Å². The Balaban J connectivity index is 2.56. The average molecular weight is 540 g/mol. The highest BCUT2D eigenvalue weighted by Crippen LogP contribution is 2.54. The number of alkyl halides is 7. The summed E-state index contributed by atoms with van der Waals surface area (Å²) in [5, 5.41) is 7.01. The van der Waals surface area contributed by atoms with Crippen molar-refractivity contribution >= 4 is 52.3 Å². The number of aromatic carboxylic acids is 1. The standard InChI is InChI=1S/C19H9Cl3F7NO3/c20-10-2-1-7(3-9(10)16(32)33)13(30)6-14(31)15-11(21)4-8(5-12(15)22)17(23,18(24,25)26)19(27,28)29/h1-6H,30H2,(H,32,33)/p+1. The molecule has 2 aromatic carbocycles. The number of carbonyl (C=O) groups is 2. The summed E-state index contributed by atoms with van der Waals surface area (Å²) in [6.45, 7) is 0. The van der Waals surface area contributed by atoms with Crippen LogP contribution >= 0.6 is 34.8 Å². The van der Waals surface area contributed by atoms with Gasteiger partial charge in [0.25, 0.3) is 0 Å². The lowest BCUT2D eigenvalue weighted by atomic mass is 9.92. The van der Waals surface area contributed by atoms with Gasteiger partial charge in [-0.3, -0.25) is 4.79 Å². The van der Waals surface area contributed by atoms with E-state index in [0.717, 1.165) is 12.1 Å². The molecule has 0 spiro atoms. The Bertz CT molecular complexity index is 1120. The Morgan fingerprint density at radius 2 is 1.33 bits per heavy atom. The van der Waals surface area contributed by atoms with Gasteiger partial charge in [-0.05, 0) is 30.3 Å². The minimum atomic E-state index is -6.40. The molecule has 0 saturated heterocycles. The zero-order valence-corrected chi connectivity index (χ0v) is 18.0. The Kier molecular flexibility index (Phi) is 7.44. The van der Waals surface area contributed by atoms with Gasteiger partial charge < -0.3 is 10.8 Å². The van der Waals surface area contributed by atoms with E-state index in [0.29, 0.717) is 0 Å². The number of halogens is 10. The normalized spacial score (nSPS) is 13.2. The van der Waals surface area contributed by atoms with Crippen molar-refractivity contribution in [3.05, 3.63) is 73.7 Å². The summed E-state index contributed by atoms with van der Waals surface area (Å²) in [5.41, 5.74) is -5.26. The number of quaternary nitrogens is 1. The minimum Gasteiger partial charge on any atom is -0.478 e. The third-order valence-corrected chi connectivity index (χ3v) is 5.27. The van der Waals surface area contributed by atoms with Gasteiger partial charge >= 0.3 is 24.0 Å². The van der Waals surface area contributed by atoms with E-state index in [2.05, 4.69) is 5.73 Å². The van der Waals surface area contributed by atoms with Crippen LogP contribution in [0.4, 0.5) is 30.7 Å². The van der Waals surface area contributed by atoms with Crippen molar-refractivity contribution in [2.24, 2.45) is 0 Å². The van der Waals surface area contributed by atoms with Crippen molar-refractivity contribution in [3.8, 4) is 0 Å². The monoisotopic (exact) mass is 538 g/mol. The highest BCUT2D eigenvalue weighted by atomic mass is 35.5. The van der Waals surface area contributed by atoms with Crippen LogP contribution in [-0.4, -0.2) is 29.2 Å². The summed E-state index contributed by atoms with van der Waals surface area (Å²) in [6, 6.07) is 3.59. The van der Waals surface area contributed by atoms with Gasteiger partial charge in [0.1, 0.15) is 5.70 Å². The van der Waals surface area contributed by atoms with Crippen LogP contribution in [0.5, 0.6) is 0 Å². The van der Waals surface area contributed by atoms with E-state index >= 15 is 0 Å². The van der Waals surface area contributed by atoms with Crippen LogP contribution in [-0.2, 0) is 5.67 Å². The second-order valence-corrected chi connectivity index (χ2v) is 7.72. The molecule has 2 aromatic rings. The van der Waals surface area contributed by atoms with Gasteiger partial charge in [-0.2, -0.15) is 26.3 Å². The molecular weight excluding hydrogens is 530 g/mol. The van der Waals surface area contributed by atoms with Crippen LogP contribution < -0.4 is 5.73 Å². The second-order valence-electron chi connectivity index (χ2n) is 6.50. The van der Waals surface area contributed by atoms with Crippen molar-refractivity contribution in [2.75, 3.05) is 0 Å². The van der Waals surface area contributed by atoms with Gasteiger partial charge in [-0.15, -0.1) is 0 Å². The van der Waals surface area contributed by atoms with Gasteiger partial charge in [0.15, 0.2) is 5.78 Å². The molecule has 0 bridgehead atoms. The first-order chi connectivity index (χ1) is 14.9. The van der Waals surface area contributed by atoms with Crippen LogP contribution in [0.2, 0.25) is 15.1 Å². The van der Waals surface area contributed by atoms with Gasteiger partial charge in [-0.1, -0.05) is 34.8 Å². The molecule has 0 aromatic heterocycles. The molecule has 0 aliphatic carbocycles. The van der Waals surface area contributed by atoms with E-state index in [1.807, 2.05) is 0 Å². The second kappa shape index (κ2) is 9.13. The molecule has 0 aliphatic heterocycles. The number of allylic oxidation sites excluding steroid dienone is 1. The molecule has 0 unspecified atom stereocenters. The number of carboxylic acid groups (broad SMARTS) is 1. The Labute approximate surface area is 195 Å². The topological polar surface area (TPSA) is 82.0 Å². The molecule has 0 atom stereocenters. The number of ketones is 1. The molecule has 4 nitrogen and oxygen atoms in total. The zero-order valence-electron chi connectivity index (χ0n) is 15.7. The largest absolute Gasteiger partial charge is 0.478 e. The van der Waals surface area contributed by atoms with Crippen molar-refractivity contribution in [3.63, 3.8) is 0 Å². The predicted molar refractivity (Wildman–Crippen MR) is 105 cm³/mol. The molecule has 0 aliphatic rings. The quantitative estimate of drug-likeness (QED) is 0.274. The number of carbonyl (C=O) groups excluding carboxylic acids is 1. The SMILES string of the molecule is [NH3+]C(=CC(=O)c1c(Cl)cc(C(F)(C(F)(F)F)C(F)(F)F)cc1Cl)c1ccc(Cl)c(C(=O)O)c1. The van der Waals surface area contributed by atoms with E-state index < -0.39 is 50.9 Å². The first-order valence-corrected chi connectivity index (χ1v) is 9.48. The maximum absolute atomic E-state index is 14.3. The third-order valence-electron chi connectivity index (χ3n) is 4.34. The van der Waals surface area contributed by atoms with Crippen LogP contribution in [0.15, 0.2) is 36.4 Å². The van der Waals surface area contributed by atoms with E-state index in [1.54, 1.807) is 0 Å². The van der Waals surface area contributed by atoms with Crippen molar-refractivity contribution in [1.29, 1.82) is 0 Å². The summed E-state index contributed by atoms with van der Waals surface area (Å²) in [5.74, 6) is -2.48. The highest BCUT2D eigenvalue weighted by Gasteiger charge is 2.73. The smallest absolute Gasteiger partial charge is 0.435 e. The Morgan fingerprint density at radius 1 is 0.848 bits per heavy atom. The Hall–Kier alpha value is -2.34. The highest BCUT2D eigenvalue weighted by molar-refractivity contribution is 6.41. The molecule has 4 N–H and O–H groups in total. The summed E-state index contributed by atoms with van der Waals surface area (Å²) in [4.78, 5) is 23.7. The summed E-state index contributed by atoms with van der Waals surface area (Å²) < 4.78 is 92.1. The summed E-state index contributed by atoms with van der Waals surface area (Å²) in [6.07, 6.45) is -12.0. The van der Waals surface area contributed by atoms with E-state index in [9.17, 15) is 40.3 Å². The Morgan fingerprint density at radius 3 is 1.76 bits per heavy atom. The number of benzene rings is 2. The molecule has 0 amide bonds. The van der Waals surface area contributed by atoms with Gasteiger partial charge in [0, 0.05) is 17.2 Å². The first kappa shape index (κ1) is 26.9. The lowest BCUT2D eigenvalue weighted by molar-refractivity contribution is -0.348. The fourth-order valence-electron chi connectivity index (χ4n) is 2.70. The average Bonchev–Trinajstić information content (AvgIpc) is 2.64. The van der Waals surface area contributed by atoms with Crippen molar-refractivity contribution < 1.29 is 51.2 Å². The number of hydrogen-bond acceptors (Lipinski definition) is 2. The fraction of sp³-hybridized carbons (Fsp3) is 0.158. The lowest BCUT2D eigenvalue weighted by Gasteiger charge is -2.30. The molecule has 0 saturated carbocycles. The van der Waals surface area contributed by atoms with Gasteiger partial charge in [0.2, 0.25) is 0 Å². The number of rotatable bonds is 5. The maximum Gasteiger partial charge on any atom is 0.435 e. The van der Waals surface area contributed by atoms with E-state index in [1.165, 1.54) is 12.1 Å². The van der Waals surface area contributed by atoms with E-state index in [4.69, 9.17) is 39.9 Å². The number of hydrogen-bond donors (Lipinski definition) is 2. The van der Waals surface area contributed by atoms with Crippen molar-refractivity contribution in [2.45, 2.75) is 18.0 Å². The molecule has 0 fully saturated rings. The van der Waals surface area contributed by atoms with Gasteiger partial charge in [0.05, 0.1) is 26.2 Å². The zero-order chi connectivity index (χ0) is 25.5. The van der Waals surface area contributed by atoms with Crippen LogP contribution in [0.3, 0.4) is 0 Å². The van der Waals surface area contributed by atoms with Gasteiger partial charge in [-0.25, -0.2) is 9.18 Å². The third kappa shape index (κ3) is 5.11. The molecule has 14 heteroatoms. The predicted octanol–water partition coefficient (Wildman–Crippen LogP) is 6.10. The fourth-order valence-corrected chi connectivity index (χ4v) is 3.57. The van der Waals surface area contributed by atoms with Crippen LogP contribution in [0.1, 0.15) is 31.8 Å². The molecule has 0 radical (unpaired) electrons.